The van der Waals surface area contributed by atoms with Gasteiger partial charge in [-0.3, -0.25) is 4.79 Å². The number of carbonyl (C=O) groups is 2. The van der Waals surface area contributed by atoms with Crippen molar-refractivity contribution in [2.24, 2.45) is 0 Å². The number of rotatable bonds is 7. The van der Waals surface area contributed by atoms with Gasteiger partial charge in [0.25, 0.3) is 5.91 Å². The Morgan fingerprint density at radius 1 is 1.23 bits per heavy atom. The number of nitrogens with zero attached hydrogens (tertiary/aromatic N) is 1. The minimum absolute atomic E-state index is 0.0353. The van der Waals surface area contributed by atoms with Crippen molar-refractivity contribution in [2.45, 2.75) is 24.5 Å². The van der Waals surface area contributed by atoms with E-state index in [1.54, 1.807) is 12.1 Å². The van der Waals surface area contributed by atoms with Gasteiger partial charge in [0.2, 0.25) is 10.0 Å². The summed E-state index contributed by atoms with van der Waals surface area (Å²) in [4.78, 5) is 24.2. The molecule has 1 atom stereocenters. The Morgan fingerprint density at radius 3 is 2.58 bits per heavy atom. The summed E-state index contributed by atoms with van der Waals surface area (Å²) < 4.78 is 35.5. The third kappa shape index (κ3) is 4.70. The Kier molecular flexibility index (Phi) is 6.17. The Balaban J connectivity index is 2.01. The summed E-state index contributed by atoms with van der Waals surface area (Å²) in [5.74, 6) is -0.716. The smallest absolute Gasteiger partial charge is 0.338 e. The first kappa shape index (κ1) is 19.7. The first-order chi connectivity index (χ1) is 12.2. The Hall–Kier alpha value is -2.65. The normalized spacial score (nSPS) is 12.6. The highest BCUT2D eigenvalue weighted by molar-refractivity contribution is 7.89. The van der Waals surface area contributed by atoms with Crippen molar-refractivity contribution < 1.29 is 27.2 Å². The molecule has 140 valence electrons. The van der Waals surface area contributed by atoms with E-state index in [4.69, 9.17) is 9.15 Å². The molecule has 1 aromatic heterocycles. The fourth-order valence-electron chi connectivity index (χ4n) is 2.01. The molecule has 1 unspecified atom stereocenters. The van der Waals surface area contributed by atoms with Gasteiger partial charge in [0.15, 0.2) is 6.10 Å². The molecule has 2 aromatic rings. The molecular weight excluding hydrogens is 360 g/mol. The van der Waals surface area contributed by atoms with Gasteiger partial charge in [-0.1, -0.05) is 6.07 Å². The van der Waals surface area contributed by atoms with E-state index >= 15 is 0 Å². The lowest BCUT2D eigenvalue weighted by Crippen LogP contribution is -2.35. The molecule has 0 radical (unpaired) electrons. The molecule has 0 saturated carbocycles. The first-order valence-corrected chi connectivity index (χ1v) is 9.19. The second-order valence-corrected chi connectivity index (χ2v) is 7.81. The van der Waals surface area contributed by atoms with Crippen LogP contribution in [-0.4, -0.2) is 44.8 Å². The number of hydrogen-bond acceptors (Lipinski definition) is 6. The number of benzene rings is 1. The van der Waals surface area contributed by atoms with Gasteiger partial charge in [0.1, 0.15) is 5.76 Å². The summed E-state index contributed by atoms with van der Waals surface area (Å²) in [7, 11) is -0.886. The zero-order valence-electron chi connectivity index (χ0n) is 14.6. The molecule has 26 heavy (non-hydrogen) atoms. The average Bonchev–Trinajstić information content (AvgIpc) is 3.13. The number of amides is 1. The van der Waals surface area contributed by atoms with Crippen molar-refractivity contribution in [2.75, 3.05) is 14.1 Å². The molecule has 0 aliphatic carbocycles. The topological polar surface area (TPSA) is 106 Å². The molecule has 1 heterocycles. The molecule has 0 spiro atoms. The maximum atomic E-state index is 12.2. The van der Waals surface area contributed by atoms with E-state index in [0.717, 1.165) is 4.31 Å². The lowest BCUT2D eigenvalue weighted by Gasteiger charge is -2.14. The SMILES string of the molecule is CC(OC(=O)c1cccc(S(=O)(=O)N(C)C)c1)C(=O)NCc1ccco1. The molecule has 1 amide bonds. The molecule has 1 aromatic carbocycles. The van der Waals surface area contributed by atoms with E-state index in [0.29, 0.717) is 5.76 Å². The van der Waals surface area contributed by atoms with E-state index in [1.165, 1.54) is 51.5 Å². The van der Waals surface area contributed by atoms with Crippen LogP contribution in [-0.2, 0) is 26.1 Å². The van der Waals surface area contributed by atoms with Crippen LogP contribution >= 0.6 is 0 Å². The van der Waals surface area contributed by atoms with Crippen molar-refractivity contribution in [3.05, 3.63) is 54.0 Å². The minimum atomic E-state index is -3.68. The van der Waals surface area contributed by atoms with Crippen LogP contribution in [0.2, 0.25) is 0 Å². The van der Waals surface area contributed by atoms with Crippen LogP contribution in [0.4, 0.5) is 0 Å². The largest absolute Gasteiger partial charge is 0.467 e. The summed E-state index contributed by atoms with van der Waals surface area (Å²) in [5, 5.41) is 2.58. The van der Waals surface area contributed by atoms with Gasteiger partial charge in [0.05, 0.1) is 23.3 Å². The predicted molar refractivity (Wildman–Crippen MR) is 92.7 cm³/mol. The fraction of sp³-hybridized carbons (Fsp3) is 0.294. The number of sulfonamides is 1. The van der Waals surface area contributed by atoms with Crippen molar-refractivity contribution in [1.29, 1.82) is 0 Å². The van der Waals surface area contributed by atoms with E-state index in [2.05, 4.69) is 5.32 Å². The monoisotopic (exact) mass is 380 g/mol. The Morgan fingerprint density at radius 2 is 1.96 bits per heavy atom. The number of hydrogen-bond donors (Lipinski definition) is 1. The predicted octanol–water partition coefficient (Wildman–Crippen LogP) is 1.39. The van der Waals surface area contributed by atoms with Crippen molar-refractivity contribution >= 4 is 21.9 Å². The molecule has 2 rings (SSSR count). The average molecular weight is 380 g/mol. The number of furan rings is 1. The maximum Gasteiger partial charge on any atom is 0.338 e. The third-order valence-electron chi connectivity index (χ3n) is 3.52. The van der Waals surface area contributed by atoms with E-state index in [9.17, 15) is 18.0 Å². The van der Waals surface area contributed by atoms with Gasteiger partial charge in [-0.2, -0.15) is 0 Å². The lowest BCUT2D eigenvalue weighted by molar-refractivity contribution is -0.129. The highest BCUT2D eigenvalue weighted by Gasteiger charge is 2.22. The van der Waals surface area contributed by atoms with E-state index < -0.39 is 28.0 Å². The minimum Gasteiger partial charge on any atom is -0.467 e. The van der Waals surface area contributed by atoms with Crippen LogP contribution in [0.3, 0.4) is 0 Å². The van der Waals surface area contributed by atoms with Gasteiger partial charge < -0.3 is 14.5 Å². The van der Waals surface area contributed by atoms with Gasteiger partial charge in [-0.15, -0.1) is 0 Å². The standard InChI is InChI=1S/C17H20N2O6S/c1-12(16(20)18-11-14-7-5-9-24-14)25-17(21)13-6-4-8-15(10-13)26(22,23)19(2)3/h4-10,12H,11H2,1-3H3,(H,18,20). The third-order valence-corrected chi connectivity index (χ3v) is 5.33. The summed E-state index contributed by atoms with van der Waals surface area (Å²) in [6.45, 7) is 1.60. The van der Waals surface area contributed by atoms with Crippen LogP contribution in [0, 0.1) is 0 Å². The zero-order chi connectivity index (χ0) is 19.3. The summed E-state index contributed by atoms with van der Waals surface area (Å²) in [6.07, 6.45) is 0.436. The van der Waals surface area contributed by atoms with Gasteiger partial charge >= 0.3 is 5.97 Å². The highest BCUT2D eigenvalue weighted by Crippen LogP contribution is 2.16. The number of esters is 1. The molecule has 1 N–H and O–H groups in total. The van der Waals surface area contributed by atoms with Crippen molar-refractivity contribution in [1.82, 2.24) is 9.62 Å². The molecule has 9 heteroatoms. The Bertz CT molecular complexity index is 874. The van der Waals surface area contributed by atoms with E-state index in [1.807, 2.05) is 0 Å². The number of ether oxygens (including phenoxy) is 1. The molecule has 0 bridgehead atoms. The maximum absolute atomic E-state index is 12.2. The molecule has 0 aliphatic rings. The molecule has 0 fully saturated rings. The van der Waals surface area contributed by atoms with Crippen LogP contribution in [0.25, 0.3) is 0 Å². The summed E-state index contributed by atoms with van der Waals surface area (Å²) in [6, 6.07) is 8.85. The second kappa shape index (κ2) is 8.15. The zero-order valence-corrected chi connectivity index (χ0v) is 15.4. The highest BCUT2D eigenvalue weighted by atomic mass is 32.2. The van der Waals surface area contributed by atoms with Crippen LogP contribution in [0.15, 0.2) is 52.0 Å². The first-order valence-electron chi connectivity index (χ1n) is 7.75. The van der Waals surface area contributed by atoms with Gasteiger partial charge in [-0.05, 0) is 37.3 Å². The molecule has 0 aliphatic heterocycles. The molecular formula is C17H20N2O6S. The quantitative estimate of drug-likeness (QED) is 0.728. The van der Waals surface area contributed by atoms with Crippen LogP contribution in [0.5, 0.6) is 0 Å². The van der Waals surface area contributed by atoms with Gasteiger partial charge in [0, 0.05) is 14.1 Å². The summed E-state index contributed by atoms with van der Waals surface area (Å²) in [5.41, 5.74) is 0.0404. The molecule has 0 saturated heterocycles. The number of carbonyl (C=O) groups excluding carboxylic acids is 2. The fourth-order valence-corrected chi connectivity index (χ4v) is 2.96. The van der Waals surface area contributed by atoms with Gasteiger partial charge in [-0.25, -0.2) is 17.5 Å². The second-order valence-electron chi connectivity index (χ2n) is 5.66. The number of nitrogens with one attached hydrogen (secondary N) is 1. The summed E-state index contributed by atoms with van der Waals surface area (Å²) >= 11 is 0. The van der Waals surface area contributed by atoms with Crippen molar-refractivity contribution in [3.63, 3.8) is 0 Å². The van der Waals surface area contributed by atoms with Crippen LogP contribution < -0.4 is 5.32 Å². The molecule has 8 nitrogen and oxygen atoms in total. The van der Waals surface area contributed by atoms with Crippen molar-refractivity contribution in [3.8, 4) is 0 Å². The van der Waals surface area contributed by atoms with Crippen LogP contribution in [0.1, 0.15) is 23.0 Å². The van der Waals surface area contributed by atoms with E-state index in [-0.39, 0.29) is 17.0 Å². The lowest BCUT2D eigenvalue weighted by atomic mass is 10.2. The Labute approximate surface area is 151 Å².